The molecule has 0 aromatic heterocycles. The van der Waals surface area contributed by atoms with E-state index in [1.807, 2.05) is 24.3 Å². The van der Waals surface area contributed by atoms with Gasteiger partial charge < -0.3 is 30.5 Å². The van der Waals surface area contributed by atoms with E-state index in [1.165, 1.54) is 11.8 Å². The van der Waals surface area contributed by atoms with Gasteiger partial charge in [0.25, 0.3) is 0 Å². The van der Waals surface area contributed by atoms with Crippen molar-refractivity contribution in [2.75, 3.05) is 68.5 Å². The number of piperazine rings is 2. The van der Waals surface area contributed by atoms with Crippen molar-refractivity contribution >= 4 is 40.7 Å². The number of hydrogen-bond acceptors (Lipinski definition) is 7. The summed E-state index contributed by atoms with van der Waals surface area (Å²) in [6.07, 6.45) is -0.143. The van der Waals surface area contributed by atoms with Gasteiger partial charge in [0.2, 0.25) is 23.6 Å². The van der Waals surface area contributed by atoms with Crippen LogP contribution >= 0.6 is 0 Å². The first kappa shape index (κ1) is 26.9. The molecule has 4 amide bonds. The number of nitrogens with zero attached hydrogens (tertiary/aromatic N) is 3. The Kier molecular flexibility index (Phi) is 8.80. The van der Waals surface area contributed by atoms with Crippen LogP contribution in [-0.4, -0.2) is 92.4 Å². The van der Waals surface area contributed by atoms with Gasteiger partial charge in [0.1, 0.15) is 11.8 Å². The highest BCUT2D eigenvalue weighted by atomic mass is 16.5. The molecular weight excluding hydrogens is 488 g/mol. The molecule has 2 aromatic carbocycles. The summed E-state index contributed by atoms with van der Waals surface area (Å²) in [5.41, 5.74) is 2.26. The summed E-state index contributed by atoms with van der Waals surface area (Å²) in [4.78, 5) is 55.6. The minimum Gasteiger partial charge on any atom is -0.497 e. The molecule has 2 aliphatic rings. The van der Waals surface area contributed by atoms with E-state index in [0.717, 1.165) is 37.6 Å². The van der Waals surface area contributed by atoms with E-state index in [2.05, 4.69) is 25.8 Å². The Morgan fingerprint density at radius 2 is 1.55 bits per heavy atom. The molecule has 2 heterocycles. The Balaban J connectivity index is 1.29. The average Bonchev–Trinajstić information content (AvgIpc) is 2.91. The molecule has 0 unspecified atom stereocenters. The first-order chi connectivity index (χ1) is 18.3. The molecule has 0 radical (unpaired) electrons. The highest BCUT2D eigenvalue weighted by Gasteiger charge is 2.35. The van der Waals surface area contributed by atoms with Crippen LogP contribution in [-0.2, 0) is 19.2 Å². The third-order valence-electron chi connectivity index (χ3n) is 6.69. The normalized spacial score (nSPS) is 17.9. The molecule has 38 heavy (non-hydrogen) atoms. The summed E-state index contributed by atoms with van der Waals surface area (Å²) < 4.78 is 5.23. The van der Waals surface area contributed by atoms with Crippen molar-refractivity contribution in [2.24, 2.45) is 0 Å². The van der Waals surface area contributed by atoms with Gasteiger partial charge in [-0.15, -0.1) is 0 Å². The molecule has 2 saturated heterocycles. The maximum Gasteiger partial charge on any atom is 0.243 e. The standard InChI is InChI=1S/C27H34N6O5/c1-19(34)29-20-3-5-21(6-4-20)30-25(35)17-24-27(37)28-11-12-33(24)26(36)18-31-13-15-32(16-14-31)22-7-9-23(38-2)10-8-22/h3-10,24H,11-18H2,1-2H3,(H,28,37)(H,29,34)(H,30,35)/t24-/m0/s1. The first-order valence-electron chi connectivity index (χ1n) is 12.7. The lowest BCUT2D eigenvalue weighted by molar-refractivity contribution is -0.145. The molecule has 0 saturated carbocycles. The fraction of sp³-hybridized carbons (Fsp3) is 0.407. The van der Waals surface area contributed by atoms with Crippen molar-refractivity contribution in [3.63, 3.8) is 0 Å². The van der Waals surface area contributed by atoms with Gasteiger partial charge in [-0.05, 0) is 48.5 Å². The Hall–Kier alpha value is -4.12. The summed E-state index contributed by atoms with van der Waals surface area (Å²) in [6, 6.07) is 13.7. The SMILES string of the molecule is COc1ccc(N2CCN(CC(=O)N3CCNC(=O)[C@@H]3CC(=O)Nc3ccc(NC(C)=O)cc3)CC2)cc1. The Morgan fingerprint density at radius 3 is 2.16 bits per heavy atom. The molecule has 11 heteroatoms. The Labute approximate surface area is 222 Å². The third-order valence-corrected chi connectivity index (χ3v) is 6.69. The molecule has 0 bridgehead atoms. The Bertz CT molecular complexity index is 1150. The highest BCUT2D eigenvalue weighted by Crippen LogP contribution is 2.21. The second-order valence-electron chi connectivity index (χ2n) is 9.37. The molecule has 2 aliphatic heterocycles. The second-order valence-corrected chi connectivity index (χ2v) is 9.37. The molecule has 1 atom stereocenters. The van der Waals surface area contributed by atoms with Crippen molar-refractivity contribution in [1.82, 2.24) is 15.1 Å². The van der Waals surface area contributed by atoms with E-state index >= 15 is 0 Å². The van der Waals surface area contributed by atoms with E-state index in [4.69, 9.17) is 4.74 Å². The van der Waals surface area contributed by atoms with Crippen molar-refractivity contribution in [1.29, 1.82) is 0 Å². The molecule has 202 valence electrons. The van der Waals surface area contributed by atoms with Crippen LogP contribution in [0.3, 0.4) is 0 Å². The number of methoxy groups -OCH3 is 1. The van der Waals surface area contributed by atoms with Gasteiger partial charge in [-0.25, -0.2) is 0 Å². The molecule has 4 rings (SSSR count). The van der Waals surface area contributed by atoms with Crippen molar-refractivity contribution in [2.45, 2.75) is 19.4 Å². The lowest BCUT2D eigenvalue weighted by Gasteiger charge is -2.39. The predicted octanol–water partition coefficient (Wildman–Crippen LogP) is 1.13. The van der Waals surface area contributed by atoms with Crippen molar-refractivity contribution in [3.05, 3.63) is 48.5 Å². The number of amides is 4. The summed E-state index contributed by atoms with van der Waals surface area (Å²) in [6.45, 7) is 5.35. The second kappa shape index (κ2) is 12.4. The number of carbonyl (C=O) groups excluding carboxylic acids is 4. The third kappa shape index (κ3) is 7.00. The predicted molar refractivity (Wildman–Crippen MR) is 144 cm³/mol. The topological polar surface area (TPSA) is 123 Å². The number of benzene rings is 2. The van der Waals surface area contributed by atoms with E-state index < -0.39 is 6.04 Å². The Morgan fingerprint density at radius 1 is 0.921 bits per heavy atom. The van der Waals surface area contributed by atoms with Crippen LogP contribution in [0.2, 0.25) is 0 Å². The maximum absolute atomic E-state index is 13.2. The zero-order valence-corrected chi connectivity index (χ0v) is 21.7. The van der Waals surface area contributed by atoms with Crippen LogP contribution in [0, 0.1) is 0 Å². The number of nitrogens with one attached hydrogen (secondary N) is 3. The van der Waals surface area contributed by atoms with Crippen molar-refractivity contribution < 1.29 is 23.9 Å². The van der Waals surface area contributed by atoms with Crippen LogP contribution in [0.25, 0.3) is 0 Å². The van der Waals surface area contributed by atoms with Crippen LogP contribution < -0.4 is 25.6 Å². The van der Waals surface area contributed by atoms with Gasteiger partial charge >= 0.3 is 0 Å². The van der Waals surface area contributed by atoms with E-state index in [1.54, 1.807) is 31.4 Å². The largest absolute Gasteiger partial charge is 0.497 e. The quantitative estimate of drug-likeness (QED) is 0.475. The summed E-state index contributed by atoms with van der Waals surface area (Å²) in [7, 11) is 1.64. The van der Waals surface area contributed by atoms with Gasteiger partial charge in [-0.2, -0.15) is 0 Å². The lowest BCUT2D eigenvalue weighted by Crippen LogP contribution is -2.60. The smallest absolute Gasteiger partial charge is 0.243 e. The molecule has 3 N–H and O–H groups in total. The number of hydrogen-bond donors (Lipinski definition) is 3. The van der Waals surface area contributed by atoms with E-state index in [9.17, 15) is 19.2 Å². The zero-order chi connectivity index (χ0) is 27.1. The fourth-order valence-corrected chi connectivity index (χ4v) is 4.68. The summed E-state index contributed by atoms with van der Waals surface area (Å²) in [5.74, 6) is -0.230. The molecule has 2 aromatic rings. The van der Waals surface area contributed by atoms with Crippen LogP contribution in [0.1, 0.15) is 13.3 Å². The zero-order valence-electron chi connectivity index (χ0n) is 21.7. The molecule has 11 nitrogen and oxygen atoms in total. The molecule has 0 spiro atoms. The van der Waals surface area contributed by atoms with E-state index in [0.29, 0.717) is 24.5 Å². The van der Waals surface area contributed by atoms with Gasteiger partial charge in [0, 0.05) is 63.3 Å². The van der Waals surface area contributed by atoms with Crippen molar-refractivity contribution in [3.8, 4) is 5.75 Å². The number of anilines is 3. The lowest BCUT2D eigenvalue weighted by atomic mass is 10.1. The van der Waals surface area contributed by atoms with E-state index in [-0.39, 0.29) is 36.6 Å². The minimum absolute atomic E-state index is 0.143. The number of rotatable bonds is 8. The van der Waals surface area contributed by atoms with Crippen LogP contribution in [0.15, 0.2) is 48.5 Å². The summed E-state index contributed by atoms with van der Waals surface area (Å²) in [5, 5.41) is 8.19. The van der Waals surface area contributed by atoms with Gasteiger partial charge in [-0.1, -0.05) is 0 Å². The first-order valence-corrected chi connectivity index (χ1v) is 12.7. The molecular formula is C27H34N6O5. The molecule has 2 fully saturated rings. The average molecular weight is 523 g/mol. The van der Waals surface area contributed by atoms with Gasteiger partial charge in [0.05, 0.1) is 20.1 Å². The fourth-order valence-electron chi connectivity index (χ4n) is 4.68. The van der Waals surface area contributed by atoms with Crippen LogP contribution in [0.4, 0.5) is 17.1 Å². The van der Waals surface area contributed by atoms with Gasteiger partial charge in [-0.3, -0.25) is 24.1 Å². The minimum atomic E-state index is -0.865. The maximum atomic E-state index is 13.2. The van der Waals surface area contributed by atoms with Gasteiger partial charge in [0.15, 0.2) is 0 Å². The highest BCUT2D eigenvalue weighted by molar-refractivity contribution is 5.98. The monoisotopic (exact) mass is 522 g/mol. The van der Waals surface area contributed by atoms with Crippen LogP contribution in [0.5, 0.6) is 5.75 Å². The number of ether oxygens (including phenoxy) is 1. The number of carbonyl (C=O) groups is 4. The molecule has 0 aliphatic carbocycles. The summed E-state index contributed by atoms with van der Waals surface area (Å²) >= 11 is 0.